The van der Waals surface area contributed by atoms with Crippen LogP contribution in [0.3, 0.4) is 0 Å². The lowest BCUT2D eigenvalue weighted by atomic mass is 9.76. The Balaban J connectivity index is 1.35. The van der Waals surface area contributed by atoms with Crippen LogP contribution in [0.5, 0.6) is 0 Å². The molecule has 1 unspecified atom stereocenters. The number of morpholine rings is 1. The van der Waals surface area contributed by atoms with Crippen molar-refractivity contribution in [2.75, 3.05) is 50.8 Å². The highest BCUT2D eigenvalue weighted by Gasteiger charge is 2.50. The van der Waals surface area contributed by atoms with Gasteiger partial charge in [-0.05, 0) is 12.8 Å². The van der Waals surface area contributed by atoms with Gasteiger partial charge in [0.2, 0.25) is 0 Å². The van der Waals surface area contributed by atoms with E-state index in [4.69, 9.17) is 9.47 Å². The van der Waals surface area contributed by atoms with E-state index in [2.05, 4.69) is 14.8 Å². The third-order valence-electron chi connectivity index (χ3n) is 5.30. The van der Waals surface area contributed by atoms with E-state index >= 15 is 0 Å². The van der Waals surface area contributed by atoms with Crippen LogP contribution >= 0.6 is 11.3 Å². The number of aromatic nitrogens is 1. The molecule has 4 heterocycles. The Hall–Kier alpha value is -1.18. The van der Waals surface area contributed by atoms with Crippen molar-refractivity contribution in [2.24, 2.45) is 5.41 Å². The maximum atomic E-state index is 12.5. The van der Waals surface area contributed by atoms with Crippen LogP contribution in [0, 0.1) is 5.41 Å². The van der Waals surface area contributed by atoms with Crippen LogP contribution in [-0.4, -0.2) is 67.9 Å². The average Bonchev–Trinajstić information content (AvgIpc) is 3.19. The van der Waals surface area contributed by atoms with Crippen LogP contribution < -0.4 is 4.90 Å². The van der Waals surface area contributed by atoms with Crippen LogP contribution in [0.4, 0.5) is 5.13 Å². The van der Waals surface area contributed by atoms with Gasteiger partial charge in [-0.3, -0.25) is 9.69 Å². The quantitative estimate of drug-likeness (QED) is 0.777. The Morgan fingerprint density at radius 1 is 1.26 bits per heavy atom. The van der Waals surface area contributed by atoms with Gasteiger partial charge in [0.15, 0.2) is 5.13 Å². The maximum absolute atomic E-state index is 12.5. The number of ether oxygens (including phenoxy) is 2. The number of thiazole rings is 1. The molecular weight excluding hydrogens is 314 g/mol. The summed E-state index contributed by atoms with van der Waals surface area (Å²) in [5.41, 5.74) is -0.259. The third-order valence-corrected chi connectivity index (χ3v) is 6.13. The summed E-state index contributed by atoms with van der Waals surface area (Å²) in [4.78, 5) is 21.5. The maximum Gasteiger partial charge on any atom is 0.312 e. The van der Waals surface area contributed by atoms with E-state index in [9.17, 15) is 4.79 Å². The molecule has 3 aliphatic rings. The summed E-state index contributed by atoms with van der Waals surface area (Å²) in [6.45, 7) is 6.10. The van der Waals surface area contributed by atoms with Crippen molar-refractivity contribution >= 4 is 22.4 Å². The molecular formula is C16H23N3O3S. The Bertz CT molecular complexity index is 537. The standard InChI is InChI=1S/C16H23N3O3S/c20-14-16(1-4-19(5-2-16)15-17-3-10-23-15)11-13(22-14)12-18-6-8-21-9-7-18/h3,10,13H,1-2,4-9,11-12H2. The van der Waals surface area contributed by atoms with Crippen molar-refractivity contribution in [3.8, 4) is 0 Å². The van der Waals surface area contributed by atoms with Crippen LogP contribution in [0.2, 0.25) is 0 Å². The SMILES string of the molecule is O=C1OC(CN2CCOCC2)CC12CCN(c1nccs1)CC2. The molecule has 1 aromatic heterocycles. The largest absolute Gasteiger partial charge is 0.461 e. The van der Waals surface area contributed by atoms with Crippen molar-refractivity contribution in [3.05, 3.63) is 11.6 Å². The fraction of sp³-hybridized carbons (Fsp3) is 0.750. The van der Waals surface area contributed by atoms with Gasteiger partial charge >= 0.3 is 5.97 Å². The van der Waals surface area contributed by atoms with E-state index in [1.54, 1.807) is 11.3 Å². The molecule has 1 aromatic rings. The van der Waals surface area contributed by atoms with E-state index in [1.807, 2.05) is 11.6 Å². The van der Waals surface area contributed by atoms with Gasteiger partial charge in [-0.2, -0.15) is 0 Å². The zero-order chi connectivity index (χ0) is 15.7. The molecule has 3 fully saturated rings. The van der Waals surface area contributed by atoms with E-state index < -0.39 is 0 Å². The first kappa shape index (κ1) is 15.4. The Morgan fingerprint density at radius 2 is 2.04 bits per heavy atom. The number of carbonyl (C=O) groups excluding carboxylic acids is 1. The summed E-state index contributed by atoms with van der Waals surface area (Å²) >= 11 is 1.67. The number of rotatable bonds is 3. The summed E-state index contributed by atoms with van der Waals surface area (Å²) in [5.74, 6) is 0.0227. The van der Waals surface area contributed by atoms with Gasteiger partial charge in [-0.15, -0.1) is 11.3 Å². The zero-order valence-electron chi connectivity index (χ0n) is 13.3. The molecule has 6 nitrogen and oxygen atoms in total. The molecule has 126 valence electrons. The van der Waals surface area contributed by atoms with E-state index in [0.717, 1.165) is 70.3 Å². The highest BCUT2D eigenvalue weighted by molar-refractivity contribution is 7.13. The highest BCUT2D eigenvalue weighted by atomic mass is 32.1. The normalized spacial score (nSPS) is 28.3. The van der Waals surface area contributed by atoms with Crippen molar-refractivity contribution < 1.29 is 14.3 Å². The zero-order valence-corrected chi connectivity index (χ0v) is 14.1. The lowest BCUT2D eigenvalue weighted by Gasteiger charge is -2.36. The minimum atomic E-state index is -0.259. The first-order valence-corrected chi connectivity index (χ1v) is 9.29. The summed E-state index contributed by atoms with van der Waals surface area (Å²) in [5, 5.41) is 3.07. The van der Waals surface area contributed by atoms with Gasteiger partial charge in [0.25, 0.3) is 0 Å². The van der Waals surface area contributed by atoms with Crippen molar-refractivity contribution in [1.29, 1.82) is 0 Å². The number of hydrogen-bond donors (Lipinski definition) is 0. The molecule has 7 heteroatoms. The highest BCUT2D eigenvalue weighted by Crippen LogP contribution is 2.44. The molecule has 0 radical (unpaired) electrons. The van der Waals surface area contributed by atoms with E-state index in [1.165, 1.54) is 0 Å². The number of anilines is 1. The lowest BCUT2D eigenvalue weighted by Crippen LogP contribution is -2.43. The fourth-order valence-corrected chi connectivity index (χ4v) is 4.61. The van der Waals surface area contributed by atoms with Gasteiger partial charge in [0.05, 0.1) is 18.6 Å². The molecule has 0 bridgehead atoms. The van der Waals surface area contributed by atoms with Crippen molar-refractivity contribution in [2.45, 2.75) is 25.4 Å². The molecule has 1 atom stereocenters. The molecule has 0 amide bonds. The number of carbonyl (C=O) groups is 1. The van der Waals surface area contributed by atoms with Crippen LogP contribution in [-0.2, 0) is 14.3 Å². The van der Waals surface area contributed by atoms with Crippen molar-refractivity contribution in [3.63, 3.8) is 0 Å². The van der Waals surface area contributed by atoms with Gasteiger partial charge in [-0.1, -0.05) is 0 Å². The van der Waals surface area contributed by atoms with Gasteiger partial charge < -0.3 is 14.4 Å². The van der Waals surface area contributed by atoms with Crippen LogP contribution in [0.15, 0.2) is 11.6 Å². The smallest absolute Gasteiger partial charge is 0.312 e. The number of cyclic esters (lactones) is 1. The summed E-state index contributed by atoms with van der Waals surface area (Å²) in [6.07, 6.45) is 4.52. The summed E-state index contributed by atoms with van der Waals surface area (Å²) in [6, 6.07) is 0. The van der Waals surface area contributed by atoms with Crippen LogP contribution in [0.1, 0.15) is 19.3 Å². The van der Waals surface area contributed by atoms with E-state index in [-0.39, 0.29) is 17.5 Å². The Labute approximate surface area is 140 Å². The van der Waals surface area contributed by atoms with Gasteiger partial charge in [-0.25, -0.2) is 4.98 Å². The minimum absolute atomic E-state index is 0.0227. The fourth-order valence-electron chi connectivity index (χ4n) is 3.92. The predicted octanol–water partition coefficient (Wildman–Crippen LogP) is 1.38. The minimum Gasteiger partial charge on any atom is -0.461 e. The second-order valence-electron chi connectivity index (χ2n) is 6.73. The average molecular weight is 337 g/mol. The molecule has 0 saturated carbocycles. The van der Waals surface area contributed by atoms with Gasteiger partial charge in [0.1, 0.15) is 6.10 Å². The lowest BCUT2D eigenvalue weighted by molar-refractivity contribution is -0.150. The molecule has 3 aliphatic heterocycles. The Kier molecular flexibility index (Phi) is 4.26. The Morgan fingerprint density at radius 3 is 2.74 bits per heavy atom. The number of hydrogen-bond acceptors (Lipinski definition) is 7. The molecule has 1 spiro atoms. The first-order chi connectivity index (χ1) is 11.3. The molecule has 0 aliphatic carbocycles. The van der Waals surface area contributed by atoms with Gasteiger partial charge in [0, 0.05) is 50.7 Å². The second kappa shape index (κ2) is 6.37. The molecule has 0 aromatic carbocycles. The molecule has 4 rings (SSSR count). The second-order valence-corrected chi connectivity index (χ2v) is 7.60. The van der Waals surface area contributed by atoms with Crippen molar-refractivity contribution in [1.82, 2.24) is 9.88 Å². The van der Waals surface area contributed by atoms with E-state index in [0.29, 0.717) is 0 Å². The predicted molar refractivity (Wildman–Crippen MR) is 87.8 cm³/mol. The summed E-state index contributed by atoms with van der Waals surface area (Å²) in [7, 11) is 0. The molecule has 0 N–H and O–H groups in total. The number of esters is 1. The molecule has 23 heavy (non-hydrogen) atoms. The molecule has 3 saturated heterocycles. The van der Waals surface area contributed by atoms with Crippen LogP contribution in [0.25, 0.3) is 0 Å². The first-order valence-electron chi connectivity index (χ1n) is 8.41. The monoisotopic (exact) mass is 337 g/mol. The third kappa shape index (κ3) is 3.09. The number of nitrogens with zero attached hydrogens (tertiary/aromatic N) is 3. The number of piperidine rings is 1. The topological polar surface area (TPSA) is 54.9 Å². The summed E-state index contributed by atoms with van der Waals surface area (Å²) < 4.78 is 11.1.